The normalized spacial score (nSPS) is 11.2. The molecule has 0 unspecified atom stereocenters. The molecule has 1 aromatic heterocycles. The Morgan fingerprint density at radius 3 is 2.27 bits per heavy atom. The lowest BCUT2D eigenvalue weighted by Gasteiger charge is -2.27. The molecule has 0 fully saturated rings. The van der Waals surface area contributed by atoms with E-state index in [0.29, 0.717) is 36.5 Å². The minimum atomic E-state index is -0.245. The molecular formula is C26H34N4O3. The molecule has 0 atom stereocenters. The lowest BCUT2D eigenvalue weighted by molar-refractivity contribution is -0.132. The third-order valence-electron chi connectivity index (χ3n) is 5.11. The number of rotatable bonds is 11. The van der Waals surface area contributed by atoms with Crippen molar-refractivity contribution in [3.63, 3.8) is 0 Å². The first-order valence-corrected chi connectivity index (χ1v) is 11.5. The first-order valence-electron chi connectivity index (χ1n) is 11.5. The summed E-state index contributed by atoms with van der Waals surface area (Å²) in [7, 11) is 0. The summed E-state index contributed by atoms with van der Waals surface area (Å²) in [6.07, 6.45) is 0. The zero-order valence-corrected chi connectivity index (χ0v) is 20.0. The summed E-state index contributed by atoms with van der Waals surface area (Å²) in [6.45, 7) is 10.2. The quantitative estimate of drug-likeness (QED) is 0.481. The van der Waals surface area contributed by atoms with Gasteiger partial charge in [0.15, 0.2) is 6.61 Å². The van der Waals surface area contributed by atoms with Gasteiger partial charge in [-0.3, -0.25) is 9.59 Å². The summed E-state index contributed by atoms with van der Waals surface area (Å²) >= 11 is 0. The van der Waals surface area contributed by atoms with Crippen LogP contribution in [-0.4, -0.2) is 46.0 Å². The van der Waals surface area contributed by atoms with Gasteiger partial charge in [0.25, 0.3) is 5.91 Å². The molecule has 1 N–H and O–H groups in total. The Balaban J connectivity index is 1.72. The molecule has 2 aromatic carbocycles. The first-order chi connectivity index (χ1) is 15.8. The van der Waals surface area contributed by atoms with E-state index in [9.17, 15) is 9.59 Å². The summed E-state index contributed by atoms with van der Waals surface area (Å²) in [5.41, 5.74) is 1.68. The molecule has 2 amide bonds. The highest BCUT2D eigenvalue weighted by Crippen LogP contribution is 2.17. The fraction of sp³-hybridized carbons (Fsp3) is 0.423. The fourth-order valence-corrected chi connectivity index (χ4v) is 3.73. The van der Waals surface area contributed by atoms with E-state index in [1.807, 2.05) is 51.9 Å². The van der Waals surface area contributed by atoms with Gasteiger partial charge in [-0.15, -0.1) is 0 Å². The smallest absolute Gasteiger partial charge is 0.258 e. The lowest BCUT2D eigenvalue weighted by Crippen LogP contribution is -2.39. The van der Waals surface area contributed by atoms with E-state index in [-0.39, 0.29) is 31.5 Å². The van der Waals surface area contributed by atoms with Crippen molar-refractivity contribution in [3.8, 4) is 5.75 Å². The van der Waals surface area contributed by atoms with Crippen LogP contribution >= 0.6 is 0 Å². The zero-order chi connectivity index (χ0) is 23.8. The zero-order valence-electron chi connectivity index (χ0n) is 20.0. The topological polar surface area (TPSA) is 76.5 Å². The molecule has 176 valence electrons. The Morgan fingerprint density at radius 1 is 0.970 bits per heavy atom. The summed E-state index contributed by atoms with van der Waals surface area (Å²) < 4.78 is 7.42. The van der Waals surface area contributed by atoms with E-state index in [1.165, 1.54) is 0 Å². The number of nitrogens with zero attached hydrogens (tertiary/aromatic N) is 3. The second-order valence-electron chi connectivity index (χ2n) is 9.07. The maximum Gasteiger partial charge on any atom is 0.258 e. The molecule has 0 aliphatic carbocycles. The third-order valence-corrected chi connectivity index (χ3v) is 5.11. The van der Waals surface area contributed by atoms with E-state index < -0.39 is 0 Å². The number of carbonyl (C=O) groups is 2. The molecule has 0 spiro atoms. The van der Waals surface area contributed by atoms with E-state index >= 15 is 0 Å². The van der Waals surface area contributed by atoms with Gasteiger partial charge in [-0.1, -0.05) is 58.0 Å². The molecule has 0 aliphatic rings. The van der Waals surface area contributed by atoms with Gasteiger partial charge in [-0.05, 0) is 36.1 Å². The SMILES string of the molecule is CC(C)CN(CC(C)C)C(=O)Cn1c(CNC(=O)COc2ccccc2)nc2ccccc21. The van der Waals surface area contributed by atoms with Gasteiger partial charge in [0.1, 0.15) is 18.1 Å². The second kappa shape index (κ2) is 11.5. The Hall–Kier alpha value is -3.35. The van der Waals surface area contributed by atoms with Gasteiger partial charge in [-0.25, -0.2) is 4.98 Å². The fourth-order valence-electron chi connectivity index (χ4n) is 3.73. The van der Waals surface area contributed by atoms with Crippen molar-refractivity contribution in [2.75, 3.05) is 19.7 Å². The van der Waals surface area contributed by atoms with Crippen LogP contribution in [0.2, 0.25) is 0 Å². The number of hydrogen-bond acceptors (Lipinski definition) is 4. The van der Waals surface area contributed by atoms with Crippen LogP contribution in [-0.2, 0) is 22.7 Å². The van der Waals surface area contributed by atoms with Crippen molar-refractivity contribution in [1.29, 1.82) is 0 Å². The van der Waals surface area contributed by atoms with Gasteiger partial charge in [-0.2, -0.15) is 0 Å². The third kappa shape index (κ3) is 7.07. The molecule has 0 bridgehead atoms. The van der Waals surface area contributed by atoms with Crippen molar-refractivity contribution in [1.82, 2.24) is 19.8 Å². The number of fused-ring (bicyclic) bond motifs is 1. The Kier molecular flexibility index (Phi) is 8.46. The number of aromatic nitrogens is 2. The van der Waals surface area contributed by atoms with Crippen LogP contribution in [0.3, 0.4) is 0 Å². The summed E-state index contributed by atoms with van der Waals surface area (Å²) in [5, 5.41) is 2.87. The molecule has 0 aliphatic heterocycles. The Morgan fingerprint density at radius 2 is 1.61 bits per heavy atom. The van der Waals surface area contributed by atoms with E-state index in [4.69, 9.17) is 4.74 Å². The van der Waals surface area contributed by atoms with Gasteiger partial charge < -0.3 is 19.5 Å². The number of nitrogens with one attached hydrogen (secondary N) is 1. The van der Waals surface area contributed by atoms with Crippen molar-refractivity contribution >= 4 is 22.8 Å². The minimum absolute atomic E-state index is 0.0561. The molecular weight excluding hydrogens is 416 g/mol. The van der Waals surface area contributed by atoms with Crippen LogP contribution in [0.4, 0.5) is 0 Å². The van der Waals surface area contributed by atoms with Crippen molar-refractivity contribution in [2.45, 2.75) is 40.8 Å². The standard InChI is InChI=1S/C26H34N4O3/c1-19(2)15-29(16-20(3)4)26(32)17-30-23-13-9-8-12-22(23)28-24(30)14-27-25(31)18-33-21-10-6-5-7-11-21/h5-13,19-20H,14-18H2,1-4H3,(H,27,31). The van der Waals surface area contributed by atoms with Crippen LogP contribution in [0.15, 0.2) is 54.6 Å². The summed E-state index contributed by atoms with van der Waals surface area (Å²) in [5.74, 6) is 1.87. The number of carbonyl (C=O) groups excluding carboxylic acids is 2. The van der Waals surface area contributed by atoms with Crippen LogP contribution in [0.25, 0.3) is 11.0 Å². The second-order valence-corrected chi connectivity index (χ2v) is 9.07. The number of benzene rings is 2. The maximum absolute atomic E-state index is 13.2. The largest absolute Gasteiger partial charge is 0.484 e. The molecule has 0 saturated heterocycles. The van der Waals surface area contributed by atoms with Crippen LogP contribution in [0.1, 0.15) is 33.5 Å². The minimum Gasteiger partial charge on any atom is -0.484 e. The number of para-hydroxylation sites is 3. The highest BCUT2D eigenvalue weighted by atomic mass is 16.5. The summed E-state index contributed by atoms with van der Waals surface area (Å²) in [6, 6.07) is 16.9. The monoisotopic (exact) mass is 450 g/mol. The van der Waals surface area contributed by atoms with E-state index in [0.717, 1.165) is 11.0 Å². The molecule has 33 heavy (non-hydrogen) atoms. The molecule has 1 heterocycles. The lowest BCUT2D eigenvalue weighted by atomic mass is 10.1. The van der Waals surface area contributed by atoms with Crippen LogP contribution in [0, 0.1) is 11.8 Å². The van der Waals surface area contributed by atoms with Crippen LogP contribution < -0.4 is 10.1 Å². The maximum atomic E-state index is 13.2. The average Bonchev–Trinajstić information content (AvgIpc) is 3.13. The van der Waals surface area contributed by atoms with Crippen molar-refractivity contribution < 1.29 is 14.3 Å². The highest BCUT2D eigenvalue weighted by Gasteiger charge is 2.20. The van der Waals surface area contributed by atoms with Gasteiger partial charge in [0.2, 0.25) is 5.91 Å². The highest BCUT2D eigenvalue weighted by molar-refractivity contribution is 5.81. The molecule has 3 aromatic rings. The van der Waals surface area contributed by atoms with Crippen molar-refractivity contribution in [3.05, 3.63) is 60.4 Å². The van der Waals surface area contributed by atoms with Gasteiger partial charge in [0.05, 0.1) is 17.6 Å². The molecule has 7 heteroatoms. The Bertz CT molecular complexity index is 1050. The molecule has 7 nitrogen and oxygen atoms in total. The number of hydrogen-bond donors (Lipinski definition) is 1. The van der Waals surface area contributed by atoms with Gasteiger partial charge in [0, 0.05) is 13.1 Å². The van der Waals surface area contributed by atoms with Gasteiger partial charge >= 0.3 is 0 Å². The Labute approximate surface area is 195 Å². The molecule has 0 radical (unpaired) electrons. The predicted octanol–water partition coefficient (Wildman–Crippen LogP) is 3.87. The molecule has 3 rings (SSSR count). The average molecular weight is 451 g/mol. The van der Waals surface area contributed by atoms with Crippen LogP contribution in [0.5, 0.6) is 5.75 Å². The van der Waals surface area contributed by atoms with E-state index in [2.05, 4.69) is 38.0 Å². The van der Waals surface area contributed by atoms with E-state index in [1.54, 1.807) is 12.1 Å². The van der Waals surface area contributed by atoms with Crippen molar-refractivity contribution in [2.24, 2.45) is 11.8 Å². The number of ether oxygens (including phenoxy) is 1. The number of imidazole rings is 1. The summed E-state index contributed by atoms with van der Waals surface area (Å²) in [4.78, 5) is 32.2. The predicted molar refractivity (Wildman–Crippen MR) is 130 cm³/mol. The molecule has 0 saturated carbocycles. The number of amides is 2. The first kappa shape index (κ1) is 24.3.